The first kappa shape index (κ1) is 24.7. The van der Waals surface area contributed by atoms with Gasteiger partial charge in [0.05, 0.1) is 22.2 Å². The molecule has 14 rings (SSSR count). The van der Waals surface area contributed by atoms with Gasteiger partial charge in [0, 0.05) is 33.2 Å². The van der Waals surface area contributed by atoms with E-state index in [1.807, 2.05) is 0 Å². The monoisotopic (exact) mass is 598 g/mol. The molecular weight excluding hydrogens is 556 g/mol. The summed E-state index contributed by atoms with van der Waals surface area (Å²) in [5.41, 5.74) is 17.3. The number of rotatable bonds is 1. The Bertz CT molecular complexity index is 2350. The van der Waals surface area contributed by atoms with E-state index in [-0.39, 0.29) is 0 Å². The fourth-order valence-electron chi connectivity index (χ4n) is 14.5. The van der Waals surface area contributed by atoms with Crippen molar-refractivity contribution in [3.63, 3.8) is 0 Å². The summed E-state index contributed by atoms with van der Waals surface area (Å²) in [5, 5.41) is 6.24. The van der Waals surface area contributed by atoms with Crippen LogP contribution in [0.25, 0.3) is 49.2 Å². The number of pyridine rings is 1. The number of nitrogens with zero attached hydrogens (tertiary/aromatic N) is 2. The number of fused-ring (bicyclic) bond motifs is 12. The molecule has 3 aromatic heterocycles. The summed E-state index contributed by atoms with van der Waals surface area (Å²) in [7, 11) is 0. The fourth-order valence-corrected chi connectivity index (χ4v) is 14.5. The molecule has 2 nitrogen and oxygen atoms in total. The van der Waals surface area contributed by atoms with Gasteiger partial charge in [0.1, 0.15) is 0 Å². The van der Waals surface area contributed by atoms with Crippen LogP contribution in [0, 0.1) is 42.9 Å². The SMILES string of the molecule is Cc1cc2c(c3c4cc(-c5ccccc5)cc5c6c7c(nc(C)c6n(c13)c45)C1CC3CC4CC7CC34C1)C1CC3CC(CC2C3)C1. The Morgan fingerprint density at radius 3 is 2.11 bits per heavy atom. The molecule has 2 heteroatoms. The van der Waals surface area contributed by atoms with Crippen LogP contribution in [0.4, 0.5) is 0 Å². The van der Waals surface area contributed by atoms with Gasteiger partial charge in [-0.2, -0.15) is 0 Å². The minimum atomic E-state index is 0.644. The fraction of sp³-hybridized carbons (Fsp3) is 0.477. The van der Waals surface area contributed by atoms with Crippen LogP contribution in [0.15, 0.2) is 48.5 Å². The summed E-state index contributed by atoms with van der Waals surface area (Å²) in [6.45, 7) is 4.79. The maximum Gasteiger partial charge on any atom is 0.0757 e. The molecule has 8 aliphatic carbocycles. The first-order valence-electron chi connectivity index (χ1n) is 18.8. The van der Waals surface area contributed by atoms with Crippen LogP contribution >= 0.6 is 0 Å². The molecule has 0 N–H and O–H groups in total. The van der Waals surface area contributed by atoms with Gasteiger partial charge in [0.15, 0.2) is 0 Å². The Labute approximate surface area is 270 Å². The summed E-state index contributed by atoms with van der Waals surface area (Å²) >= 11 is 0. The lowest BCUT2D eigenvalue weighted by molar-refractivity contribution is 0.00321. The highest BCUT2D eigenvalue weighted by atomic mass is 14.9. The number of benzene rings is 3. The molecule has 3 aromatic carbocycles. The van der Waals surface area contributed by atoms with Crippen molar-refractivity contribution in [2.45, 2.75) is 102 Å². The molecule has 3 heterocycles. The number of aromatic nitrogens is 2. The zero-order valence-electron chi connectivity index (χ0n) is 27.2. The maximum absolute atomic E-state index is 5.71. The van der Waals surface area contributed by atoms with Gasteiger partial charge in [0.2, 0.25) is 0 Å². The average Bonchev–Trinajstić information content (AvgIpc) is 3.70. The van der Waals surface area contributed by atoms with Gasteiger partial charge in [0.25, 0.3) is 0 Å². The lowest BCUT2D eigenvalue weighted by Gasteiger charge is -2.48. The van der Waals surface area contributed by atoms with Crippen LogP contribution in [0.2, 0.25) is 0 Å². The third-order valence-corrected chi connectivity index (χ3v) is 15.8. The Morgan fingerprint density at radius 2 is 1.33 bits per heavy atom. The van der Waals surface area contributed by atoms with Crippen molar-refractivity contribution < 1.29 is 0 Å². The third-order valence-electron chi connectivity index (χ3n) is 15.8. The summed E-state index contributed by atoms with van der Waals surface area (Å²) in [6.07, 6.45) is 14.3. The summed E-state index contributed by atoms with van der Waals surface area (Å²) in [5.74, 6) is 6.65. The van der Waals surface area contributed by atoms with Crippen LogP contribution in [-0.2, 0) is 0 Å². The molecule has 8 aliphatic rings. The van der Waals surface area contributed by atoms with E-state index in [0.29, 0.717) is 17.3 Å². The van der Waals surface area contributed by atoms with Crippen molar-refractivity contribution in [3.05, 3.63) is 82.2 Å². The molecule has 7 bridgehead atoms. The summed E-state index contributed by atoms with van der Waals surface area (Å²) in [6, 6.07) is 19.2. The number of aryl methyl sites for hydroxylation is 2. The van der Waals surface area contributed by atoms with Crippen molar-refractivity contribution >= 4 is 38.1 Å². The van der Waals surface area contributed by atoms with Gasteiger partial charge in [-0.05, 0) is 170 Å². The lowest BCUT2D eigenvalue weighted by Crippen LogP contribution is -2.41. The molecule has 7 atom stereocenters. The summed E-state index contributed by atoms with van der Waals surface area (Å²) in [4.78, 5) is 5.71. The van der Waals surface area contributed by atoms with E-state index in [4.69, 9.17) is 4.98 Å². The van der Waals surface area contributed by atoms with E-state index in [2.05, 4.69) is 66.8 Å². The minimum absolute atomic E-state index is 0.644. The molecule has 7 unspecified atom stereocenters. The van der Waals surface area contributed by atoms with E-state index in [0.717, 1.165) is 35.5 Å². The van der Waals surface area contributed by atoms with Crippen LogP contribution in [-0.4, -0.2) is 9.38 Å². The van der Waals surface area contributed by atoms with Crippen molar-refractivity contribution in [1.82, 2.24) is 9.38 Å². The van der Waals surface area contributed by atoms with Gasteiger partial charge in [-0.1, -0.05) is 36.4 Å². The average molecular weight is 599 g/mol. The zero-order chi connectivity index (χ0) is 29.8. The van der Waals surface area contributed by atoms with Crippen molar-refractivity contribution in [1.29, 1.82) is 0 Å². The van der Waals surface area contributed by atoms with E-state index >= 15 is 0 Å². The molecule has 0 amide bonds. The summed E-state index contributed by atoms with van der Waals surface area (Å²) < 4.78 is 2.77. The molecule has 0 saturated heterocycles. The largest absolute Gasteiger partial charge is 0.306 e. The van der Waals surface area contributed by atoms with E-state index in [9.17, 15) is 0 Å². The van der Waals surface area contributed by atoms with Gasteiger partial charge in [-0.3, -0.25) is 4.98 Å². The Kier molecular flexibility index (Phi) is 4.21. The molecule has 46 heavy (non-hydrogen) atoms. The van der Waals surface area contributed by atoms with E-state index < -0.39 is 0 Å². The van der Waals surface area contributed by atoms with Gasteiger partial charge in [-0.25, -0.2) is 0 Å². The smallest absolute Gasteiger partial charge is 0.0757 e. The van der Waals surface area contributed by atoms with E-state index in [1.165, 1.54) is 120 Å². The third kappa shape index (κ3) is 2.67. The Hall–Kier alpha value is -3.39. The van der Waals surface area contributed by atoms with Crippen molar-refractivity contribution in [2.75, 3.05) is 0 Å². The van der Waals surface area contributed by atoms with Gasteiger partial charge in [-0.15, -0.1) is 0 Å². The topological polar surface area (TPSA) is 17.3 Å². The molecule has 5 saturated carbocycles. The predicted octanol–water partition coefficient (Wildman–Crippen LogP) is 11.3. The molecule has 5 fully saturated rings. The normalized spacial score (nSPS) is 36.1. The Balaban J connectivity index is 1.23. The van der Waals surface area contributed by atoms with E-state index in [1.54, 1.807) is 27.5 Å². The van der Waals surface area contributed by atoms with Crippen LogP contribution < -0.4 is 0 Å². The molecule has 228 valence electrons. The molecule has 0 aliphatic heterocycles. The standard InChI is InChI=1S/C44H42N2/c1-21-8-33-27-10-23-9-24(11-27)13-28(12-23)36(33)38-34-16-26(25-6-4-3-5-7-25)17-35-39-37-29-14-31-18-32-15-30(20-44(31,32)19-29)40(37)45-22(2)42(39)46(41(21)38)43(34)35/h3-8,16-17,23-24,27-32H,9-15,18-20H2,1-2H3. The quantitative estimate of drug-likeness (QED) is 0.184. The highest BCUT2D eigenvalue weighted by molar-refractivity contribution is 6.26. The Morgan fingerprint density at radius 1 is 0.630 bits per heavy atom. The van der Waals surface area contributed by atoms with Crippen molar-refractivity contribution in [2.24, 2.45) is 29.1 Å². The highest BCUT2D eigenvalue weighted by Gasteiger charge is 2.66. The van der Waals surface area contributed by atoms with Crippen LogP contribution in [0.5, 0.6) is 0 Å². The first-order chi connectivity index (χ1) is 22.5. The predicted molar refractivity (Wildman–Crippen MR) is 187 cm³/mol. The molecule has 1 spiro atoms. The zero-order valence-corrected chi connectivity index (χ0v) is 27.2. The number of hydrogen-bond donors (Lipinski definition) is 0. The number of hydrogen-bond acceptors (Lipinski definition) is 1. The highest BCUT2D eigenvalue weighted by Crippen LogP contribution is 2.76. The lowest BCUT2D eigenvalue weighted by atomic mass is 9.56. The van der Waals surface area contributed by atoms with Crippen molar-refractivity contribution in [3.8, 4) is 11.1 Å². The molecule has 0 radical (unpaired) electrons. The van der Waals surface area contributed by atoms with Gasteiger partial charge >= 0.3 is 0 Å². The minimum Gasteiger partial charge on any atom is -0.306 e. The van der Waals surface area contributed by atoms with Crippen LogP contribution in [0.3, 0.4) is 0 Å². The van der Waals surface area contributed by atoms with Crippen LogP contribution in [0.1, 0.15) is 122 Å². The molecule has 6 aromatic rings. The first-order valence-corrected chi connectivity index (χ1v) is 18.8. The second-order valence-electron chi connectivity index (χ2n) is 17.7. The molecular formula is C44H42N2. The second kappa shape index (κ2) is 7.83. The maximum atomic E-state index is 5.71. The van der Waals surface area contributed by atoms with Gasteiger partial charge < -0.3 is 4.40 Å². The second-order valence-corrected chi connectivity index (χ2v) is 17.7.